The molecule has 1 rings (SSSR count). The lowest BCUT2D eigenvalue weighted by atomic mass is 9.86. The van der Waals surface area contributed by atoms with E-state index in [-0.39, 0.29) is 12.5 Å². The van der Waals surface area contributed by atoms with Gasteiger partial charge < -0.3 is 5.11 Å². The quantitative estimate of drug-likeness (QED) is 0.555. The van der Waals surface area contributed by atoms with Crippen molar-refractivity contribution < 1.29 is 9.90 Å². The molecule has 0 aromatic carbocycles. The van der Waals surface area contributed by atoms with Crippen molar-refractivity contribution in [2.24, 2.45) is 11.8 Å². The van der Waals surface area contributed by atoms with Gasteiger partial charge in [0.05, 0.1) is 6.61 Å². The molecule has 0 heterocycles. The highest BCUT2D eigenvalue weighted by Crippen LogP contribution is 2.28. The van der Waals surface area contributed by atoms with Gasteiger partial charge in [-0.3, -0.25) is 4.79 Å². The van der Waals surface area contributed by atoms with Crippen LogP contribution in [0.15, 0.2) is 12.2 Å². The van der Waals surface area contributed by atoms with Gasteiger partial charge in [0.25, 0.3) is 0 Å². The number of ketones is 1. The SMILES string of the molecule is CC1CCCCC(=O)C1C/C=C/CO. The van der Waals surface area contributed by atoms with Crippen LogP contribution in [0.25, 0.3) is 0 Å². The van der Waals surface area contributed by atoms with E-state index >= 15 is 0 Å². The zero-order valence-electron chi connectivity index (χ0n) is 8.91. The van der Waals surface area contributed by atoms with Gasteiger partial charge >= 0.3 is 0 Å². The maximum absolute atomic E-state index is 11.7. The molecule has 0 aromatic heterocycles. The second-order valence-corrected chi connectivity index (χ2v) is 4.19. The maximum atomic E-state index is 11.7. The number of allylic oxidation sites excluding steroid dienone is 1. The highest BCUT2D eigenvalue weighted by Gasteiger charge is 2.25. The Kier molecular flexibility index (Phi) is 4.88. The van der Waals surface area contributed by atoms with E-state index in [9.17, 15) is 4.79 Å². The van der Waals surface area contributed by atoms with E-state index in [0.29, 0.717) is 11.7 Å². The molecular weight excluding hydrogens is 176 g/mol. The fraction of sp³-hybridized carbons (Fsp3) is 0.750. The van der Waals surface area contributed by atoms with Crippen molar-refractivity contribution in [2.45, 2.75) is 39.0 Å². The molecule has 0 aromatic rings. The first-order valence-electron chi connectivity index (χ1n) is 5.54. The van der Waals surface area contributed by atoms with Crippen LogP contribution in [0, 0.1) is 11.8 Å². The summed E-state index contributed by atoms with van der Waals surface area (Å²) in [6, 6.07) is 0. The van der Waals surface area contributed by atoms with Crippen molar-refractivity contribution >= 4 is 5.78 Å². The Morgan fingerprint density at radius 2 is 2.21 bits per heavy atom. The average Bonchev–Trinajstić information content (AvgIpc) is 2.32. The first-order valence-corrected chi connectivity index (χ1v) is 5.54. The minimum Gasteiger partial charge on any atom is -0.392 e. The van der Waals surface area contributed by atoms with Crippen LogP contribution < -0.4 is 0 Å². The first kappa shape index (κ1) is 11.4. The second-order valence-electron chi connectivity index (χ2n) is 4.19. The minimum atomic E-state index is 0.0787. The molecule has 0 amide bonds. The van der Waals surface area contributed by atoms with E-state index in [2.05, 4.69) is 6.92 Å². The summed E-state index contributed by atoms with van der Waals surface area (Å²) in [4.78, 5) is 11.7. The summed E-state index contributed by atoms with van der Waals surface area (Å²) < 4.78 is 0. The third kappa shape index (κ3) is 3.26. The molecule has 2 unspecified atom stereocenters. The molecule has 0 radical (unpaired) electrons. The maximum Gasteiger partial charge on any atom is 0.136 e. The molecule has 0 spiro atoms. The molecule has 1 saturated carbocycles. The molecule has 1 aliphatic carbocycles. The fourth-order valence-electron chi connectivity index (χ4n) is 2.15. The number of carbonyl (C=O) groups is 1. The molecule has 1 N–H and O–H groups in total. The highest BCUT2D eigenvalue weighted by atomic mass is 16.2. The lowest BCUT2D eigenvalue weighted by Crippen LogP contribution is -2.19. The molecule has 80 valence electrons. The highest BCUT2D eigenvalue weighted by molar-refractivity contribution is 5.81. The van der Waals surface area contributed by atoms with Gasteiger partial charge in [-0.15, -0.1) is 0 Å². The van der Waals surface area contributed by atoms with E-state index in [0.717, 1.165) is 19.3 Å². The Labute approximate surface area is 86.0 Å². The summed E-state index contributed by atoms with van der Waals surface area (Å²) in [5.41, 5.74) is 0. The van der Waals surface area contributed by atoms with Crippen LogP contribution in [-0.2, 0) is 4.79 Å². The zero-order chi connectivity index (χ0) is 10.4. The summed E-state index contributed by atoms with van der Waals surface area (Å²) in [6.45, 7) is 2.25. The van der Waals surface area contributed by atoms with Crippen LogP contribution in [0.1, 0.15) is 39.0 Å². The van der Waals surface area contributed by atoms with Gasteiger partial charge in [-0.25, -0.2) is 0 Å². The number of carbonyl (C=O) groups excluding carboxylic acids is 1. The molecule has 2 atom stereocenters. The van der Waals surface area contributed by atoms with E-state index < -0.39 is 0 Å². The number of hydrogen-bond donors (Lipinski definition) is 1. The van der Waals surface area contributed by atoms with E-state index in [1.165, 1.54) is 12.8 Å². The van der Waals surface area contributed by atoms with Crippen molar-refractivity contribution in [1.29, 1.82) is 0 Å². The molecule has 2 nitrogen and oxygen atoms in total. The van der Waals surface area contributed by atoms with Crippen LogP contribution in [0.5, 0.6) is 0 Å². The Balaban J connectivity index is 2.51. The fourth-order valence-corrected chi connectivity index (χ4v) is 2.15. The second kappa shape index (κ2) is 5.97. The summed E-state index contributed by atoms with van der Waals surface area (Å²) in [6.07, 6.45) is 8.64. The number of Topliss-reactive ketones (excluding diaryl/α,β-unsaturated/α-hetero) is 1. The van der Waals surface area contributed by atoms with Crippen molar-refractivity contribution in [1.82, 2.24) is 0 Å². The predicted molar refractivity (Wildman–Crippen MR) is 57.0 cm³/mol. The van der Waals surface area contributed by atoms with Gasteiger partial charge in [-0.05, 0) is 25.2 Å². The van der Waals surface area contributed by atoms with Gasteiger partial charge in [-0.1, -0.05) is 25.5 Å². The van der Waals surface area contributed by atoms with E-state index in [1.807, 2.05) is 6.08 Å². The number of aliphatic hydroxyl groups is 1. The lowest BCUT2D eigenvalue weighted by molar-refractivity contribution is -0.123. The van der Waals surface area contributed by atoms with Crippen LogP contribution in [0.4, 0.5) is 0 Å². The van der Waals surface area contributed by atoms with Gasteiger partial charge in [0.2, 0.25) is 0 Å². The first-order chi connectivity index (χ1) is 6.75. The van der Waals surface area contributed by atoms with Crippen molar-refractivity contribution in [3.63, 3.8) is 0 Å². The normalized spacial score (nSPS) is 29.4. The van der Waals surface area contributed by atoms with E-state index in [4.69, 9.17) is 5.11 Å². The third-order valence-corrected chi connectivity index (χ3v) is 3.10. The van der Waals surface area contributed by atoms with Gasteiger partial charge in [0.1, 0.15) is 5.78 Å². The lowest BCUT2D eigenvalue weighted by Gasteiger charge is -2.18. The van der Waals surface area contributed by atoms with Gasteiger partial charge in [0, 0.05) is 12.3 Å². The molecule has 1 fully saturated rings. The van der Waals surface area contributed by atoms with Crippen LogP contribution >= 0.6 is 0 Å². The van der Waals surface area contributed by atoms with Crippen LogP contribution in [0.2, 0.25) is 0 Å². The average molecular weight is 196 g/mol. The van der Waals surface area contributed by atoms with Crippen molar-refractivity contribution in [2.75, 3.05) is 6.61 Å². The van der Waals surface area contributed by atoms with Crippen molar-refractivity contribution in [3.8, 4) is 0 Å². The van der Waals surface area contributed by atoms with Crippen LogP contribution in [-0.4, -0.2) is 17.5 Å². The summed E-state index contributed by atoms with van der Waals surface area (Å²) >= 11 is 0. The predicted octanol–water partition coefficient (Wildman–Crippen LogP) is 2.32. The summed E-state index contributed by atoms with van der Waals surface area (Å²) in [5, 5.41) is 8.61. The molecular formula is C12H20O2. The Morgan fingerprint density at radius 3 is 2.93 bits per heavy atom. The van der Waals surface area contributed by atoms with Crippen LogP contribution in [0.3, 0.4) is 0 Å². The zero-order valence-corrected chi connectivity index (χ0v) is 8.91. The van der Waals surface area contributed by atoms with Gasteiger partial charge in [0.15, 0.2) is 0 Å². The van der Waals surface area contributed by atoms with Crippen molar-refractivity contribution in [3.05, 3.63) is 12.2 Å². The standard InChI is InChI=1S/C12H20O2/c1-10-6-2-3-8-12(14)11(10)7-4-5-9-13/h4-5,10-11,13H,2-3,6-9H2,1H3/b5-4+. The number of hydrogen-bond acceptors (Lipinski definition) is 2. The van der Waals surface area contributed by atoms with E-state index in [1.54, 1.807) is 6.08 Å². The Hall–Kier alpha value is -0.630. The number of aliphatic hydroxyl groups excluding tert-OH is 1. The topological polar surface area (TPSA) is 37.3 Å². The Morgan fingerprint density at radius 1 is 1.43 bits per heavy atom. The third-order valence-electron chi connectivity index (χ3n) is 3.10. The molecule has 2 heteroatoms. The monoisotopic (exact) mass is 196 g/mol. The summed E-state index contributed by atoms with van der Waals surface area (Å²) in [5.74, 6) is 1.12. The molecule has 0 bridgehead atoms. The largest absolute Gasteiger partial charge is 0.392 e. The molecule has 0 aliphatic heterocycles. The number of rotatable bonds is 3. The van der Waals surface area contributed by atoms with Gasteiger partial charge in [-0.2, -0.15) is 0 Å². The molecule has 14 heavy (non-hydrogen) atoms. The Bertz CT molecular complexity index is 208. The smallest absolute Gasteiger partial charge is 0.136 e. The summed E-state index contributed by atoms with van der Waals surface area (Å²) in [7, 11) is 0. The molecule has 0 saturated heterocycles. The minimum absolute atomic E-state index is 0.0787. The molecule has 1 aliphatic rings.